The second-order valence-electron chi connectivity index (χ2n) is 3.66. The summed E-state index contributed by atoms with van der Waals surface area (Å²) in [6.07, 6.45) is -0.777. The predicted octanol–water partition coefficient (Wildman–Crippen LogP) is 1.29. The molecule has 17 heavy (non-hydrogen) atoms. The molecule has 1 N–H and O–H groups in total. The SMILES string of the molecule is CCC(=O)OC1COc2cccc(O)c2C1=O. The van der Waals surface area contributed by atoms with Gasteiger partial charge in [-0.25, -0.2) is 0 Å². The average Bonchev–Trinajstić information content (AvgIpc) is 2.32. The number of carbonyl (C=O) groups is 2. The minimum atomic E-state index is -0.969. The van der Waals surface area contributed by atoms with E-state index in [4.69, 9.17) is 9.47 Å². The van der Waals surface area contributed by atoms with Gasteiger partial charge in [-0.15, -0.1) is 0 Å². The van der Waals surface area contributed by atoms with Gasteiger partial charge >= 0.3 is 5.97 Å². The van der Waals surface area contributed by atoms with E-state index in [2.05, 4.69) is 0 Å². The Hall–Kier alpha value is -2.04. The van der Waals surface area contributed by atoms with E-state index in [-0.39, 0.29) is 24.3 Å². The van der Waals surface area contributed by atoms with Crippen LogP contribution in [0.4, 0.5) is 0 Å². The number of Topliss-reactive ketones (excluding diaryl/α,β-unsaturated/α-hetero) is 1. The van der Waals surface area contributed by atoms with Gasteiger partial charge in [0.15, 0.2) is 6.10 Å². The van der Waals surface area contributed by atoms with Crippen LogP contribution in [0.5, 0.6) is 11.5 Å². The molecule has 0 radical (unpaired) electrons. The Morgan fingerprint density at radius 3 is 3.06 bits per heavy atom. The molecule has 1 aliphatic heterocycles. The Kier molecular flexibility index (Phi) is 2.99. The molecule has 0 spiro atoms. The van der Waals surface area contributed by atoms with E-state index in [1.165, 1.54) is 6.07 Å². The van der Waals surface area contributed by atoms with Gasteiger partial charge in [-0.2, -0.15) is 0 Å². The van der Waals surface area contributed by atoms with E-state index < -0.39 is 17.9 Å². The lowest BCUT2D eigenvalue weighted by Crippen LogP contribution is -2.36. The van der Waals surface area contributed by atoms with Crippen molar-refractivity contribution in [3.05, 3.63) is 23.8 Å². The quantitative estimate of drug-likeness (QED) is 0.783. The fourth-order valence-corrected chi connectivity index (χ4v) is 1.62. The van der Waals surface area contributed by atoms with Crippen molar-refractivity contribution in [1.29, 1.82) is 0 Å². The summed E-state index contributed by atoms with van der Waals surface area (Å²) < 4.78 is 10.2. The molecule has 0 fully saturated rings. The van der Waals surface area contributed by atoms with E-state index in [9.17, 15) is 14.7 Å². The Balaban J connectivity index is 2.26. The second kappa shape index (κ2) is 4.45. The lowest BCUT2D eigenvalue weighted by Gasteiger charge is -2.24. The lowest BCUT2D eigenvalue weighted by molar-refractivity contribution is -0.148. The third-order valence-corrected chi connectivity index (χ3v) is 2.50. The number of benzene rings is 1. The number of phenols is 1. The van der Waals surface area contributed by atoms with Gasteiger partial charge < -0.3 is 14.6 Å². The zero-order valence-corrected chi connectivity index (χ0v) is 9.30. The van der Waals surface area contributed by atoms with Crippen LogP contribution >= 0.6 is 0 Å². The first-order valence-corrected chi connectivity index (χ1v) is 5.32. The average molecular weight is 236 g/mol. The molecular weight excluding hydrogens is 224 g/mol. The van der Waals surface area contributed by atoms with Crippen molar-refractivity contribution in [1.82, 2.24) is 0 Å². The first-order valence-electron chi connectivity index (χ1n) is 5.32. The van der Waals surface area contributed by atoms with Gasteiger partial charge in [-0.05, 0) is 12.1 Å². The highest BCUT2D eigenvalue weighted by atomic mass is 16.6. The maximum absolute atomic E-state index is 12.0. The highest BCUT2D eigenvalue weighted by Crippen LogP contribution is 2.32. The fraction of sp³-hybridized carbons (Fsp3) is 0.333. The van der Waals surface area contributed by atoms with Crippen LogP contribution in [0.2, 0.25) is 0 Å². The summed E-state index contributed by atoms with van der Waals surface area (Å²) in [6, 6.07) is 4.56. The first-order chi connectivity index (χ1) is 8.13. The predicted molar refractivity (Wildman–Crippen MR) is 58.1 cm³/mol. The summed E-state index contributed by atoms with van der Waals surface area (Å²) in [7, 11) is 0. The smallest absolute Gasteiger partial charge is 0.306 e. The summed E-state index contributed by atoms with van der Waals surface area (Å²) in [6.45, 7) is 1.63. The summed E-state index contributed by atoms with van der Waals surface area (Å²) in [5.74, 6) is -0.736. The molecule has 0 aromatic heterocycles. The van der Waals surface area contributed by atoms with Crippen LogP contribution in [0.15, 0.2) is 18.2 Å². The Labute approximate surface area is 98.0 Å². The minimum Gasteiger partial charge on any atom is -0.507 e. The van der Waals surface area contributed by atoms with Crippen molar-refractivity contribution in [2.75, 3.05) is 6.61 Å². The lowest BCUT2D eigenvalue weighted by atomic mass is 10.0. The van der Waals surface area contributed by atoms with Crippen LogP contribution in [0, 0.1) is 0 Å². The van der Waals surface area contributed by atoms with Crippen molar-refractivity contribution in [2.45, 2.75) is 19.4 Å². The number of ether oxygens (including phenoxy) is 2. The summed E-state index contributed by atoms with van der Waals surface area (Å²) in [5, 5.41) is 9.59. The van der Waals surface area contributed by atoms with Crippen LogP contribution < -0.4 is 4.74 Å². The van der Waals surface area contributed by atoms with E-state index in [1.807, 2.05) is 0 Å². The molecule has 1 aromatic rings. The van der Waals surface area contributed by atoms with Crippen LogP contribution in [-0.4, -0.2) is 29.6 Å². The van der Waals surface area contributed by atoms with Gasteiger partial charge in [0, 0.05) is 6.42 Å². The Morgan fingerprint density at radius 2 is 2.35 bits per heavy atom. The zero-order valence-electron chi connectivity index (χ0n) is 9.30. The first kappa shape index (κ1) is 11.4. The summed E-state index contributed by atoms with van der Waals surface area (Å²) in [5.41, 5.74) is 0.0765. The van der Waals surface area contributed by atoms with E-state index in [0.29, 0.717) is 5.75 Å². The van der Waals surface area contributed by atoms with Crippen LogP contribution in [0.25, 0.3) is 0 Å². The van der Waals surface area contributed by atoms with Crippen LogP contribution in [-0.2, 0) is 9.53 Å². The number of fused-ring (bicyclic) bond motifs is 1. The number of esters is 1. The Bertz CT molecular complexity index is 466. The molecule has 5 heteroatoms. The van der Waals surface area contributed by atoms with E-state index in [1.54, 1.807) is 19.1 Å². The van der Waals surface area contributed by atoms with E-state index in [0.717, 1.165) is 0 Å². The normalized spacial score (nSPS) is 18.2. The van der Waals surface area contributed by atoms with Gasteiger partial charge in [0.1, 0.15) is 23.7 Å². The number of aromatic hydroxyl groups is 1. The molecule has 90 valence electrons. The zero-order chi connectivity index (χ0) is 12.4. The third-order valence-electron chi connectivity index (χ3n) is 2.50. The van der Waals surface area contributed by atoms with Gasteiger partial charge in [-0.1, -0.05) is 13.0 Å². The molecule has 0 bridgehead atoms. The van der Waals surface area contributed by atoms with E-state index >= 15 is 0 Å². The summed E-state index contributed by atoms with van der Waals surface area (Å²) >= 11 is 0. The van der Waals surface area contributed by atoms with Crippen molar-refractivity contribution in [3.8, 4) is 11.5 Å². The maximum atomic E-state index is 12.0. The topological polar surface area (TPSA) is 72.8 Å². The van der Waals surface area contributed by atoms with Gasteiger partial charge in [0.25, 0.3) is 0 Å². The molecule has 0 saturated carbocycles. The number of rotatable bonds is 2. The number of ketones is 1. The van der Waals surface area contributed by atoms with Gasteiger partial charge in [0.05, 0.1) is 0 Å². The number of hydrogen-bond donors (Lipinski definition) is 1. The highest BCUT2D eigenvalue weighted by molar-refractivity contribution is 6.05. The number of phenolic OH excluding ortho intramolecular Hbond substituents is 1. The van der Waals surface area contributed by atoms with Gasteiger partial charge in [-0.3, -0.25) is 9.59 Å². The minimum absolute atomic E-state index is 0.0129. The molecule has 1 aromatic carbocycles. The maximum Gasteiger partial charge on any atom is 0.306 e. The molecular formula is C12H12O5. The summed E-state index contributed by atoms with van der Waals surface area (Å²) in [4.78, 5) is 23.1. The van der Waals surface area contributed by atoms with Crippen molar-refractivity contribution >= 4 is 11.8 Å². The molecule has 0 aliphatic carbocycles. The molecule has 1 heterocycles. The molecule has 1 atom stereocenters. The molecule has 2 rings (SSSR count). The molecule has 1 aliphatic rings. The van der Waals surface area contributed by atoms with Gasteiger partial charge in [0.2, 0.25) is 5.78 Å². The molecule has 0 amide bonds. The Morgan fingerprint density at radius 1 is 1.59 bits per heavy atom. The standard InChI is InChI=1S/C12H12O5/c1-2-10(14)17-9-6-16-8-5-3-4-7(13)11(8)12(9)15/h3-5,9,13H,2,6H2,1H3. The monoisotopic (exact) mass is 236 g/mol. The molecule has 5 nitrogen and oxygen atoms in total. The van der Waals surface area contributed by atoms with Crippen LogP contribution in [0.3, 0.4) is 0 Å². The second-order valence-corrected chi connectivity index (χ2v) is 3.66. The number of carbonyl (C=O) groups excluding carboxylic acids is 2. The fourth-order valence-electron chi connectivity index (χ4n) is 1.62. The van der Waals surface area contributed by atoms with Crippen molar-refractivity contribution in [3.63, 3.8) is 0 Å². The molecule has 0 saturated heterocycles. The molecule has 1 unspecified atom stereocenters. The largest absolute Gasteiger partial charge is 0.507 e. The van der Waals surface area contributed by atoms with Crippen LogP contribution in [0.1, 0.15) is 23.7 Å². The number of hydrogen-bond acceptors (Lipinski definition) is 5. The van der Waals surface area contributed by atoms with Crippen molar-refractivity contribution in [2.24, 2.45) is 0 Å². The third kappa shape index (κ3) is 2.08. The van der Waals surface area contributed by atoms with Crippen molar-refractivity contribution < 1.29 is 24.2 Å². The highest BCUT2D eigenvalue weighted by Gasteiger charge is 2.33.